The molecule has 2 N–H and O–H groups in total. The van der Waals surface area contributed by atoms with Gasteiger partial charge in [0.2, 0.25) is 0 Å². The van der Waals surface area contributed by atoms with Gasteiger partial charge >= 0.3 is 5.97 Å². The van der Waals surface area contributed by atoms with Crippen LogP contribution in [0.2, 0.25) is 0 Å². The zero-order valence-electron chi connectivity index (χ0n) is 19.2. The Kier molecular flexibility index (Phi) is 5.75. The average molecular weight is 451 g/mol. The molecule has 6 heteroatoms. The van der Waals surface area contributed by atoms with Crippen LogP contribution in [0.5, 0.6) is 0 Å². The minimum Gasteiger partial charge on any atom is -0.478 e. The number of aromatic nitrogens is 1. The molecule has 2 aromatic carbocycles. The second-order valence-corrected chi connectivity index (χ2v) is 9.92. The van der Waals surface area contributed by atoms with Crippen molar-refractivity contribution in [2.24, 2.45) is 5.92 Å². The van der Waals surface area contributed by atoms with Crippen LogP contribution in [0.1, 0.15) is 45.0 Å². The van der Waals surface area contributed by atoms with E-state index in [1.807, 2.05) is 18.3 Å². The third kappa shape index (κ3) is 4.30. The summed E-state index contributed by atoms with van der Waals surface area (Å²) in [6.45, 7) is 6.71. The molecule has 0 spiro atoms. The van der Waals surface area contributed by atoms with Crippen LogP contribution in [0.4, 0.5) is 4.39 Å². The van der Waals surface area contributed by atoms with Crippen LogP contribution in [0.25, 0.3) is 10.9 Å². The first kappa shape index (κ1) is 22.1. The fourth-order valence-corrected chi connectivity index (χ4v) is 5.70. The SMILES string of the molecule is Cc1cc(C)c2[nH]ccc2c1C[C@@H]1CCN(CC2(F)COC2)C[C@H]1c1ccc(C(=O)O)cc1. The highest BCUT2D eigenvalue weighted by molar-refractivity contribution is 5.88. The Balaban J connectivity index is 1.45. The molecule has 0 saturated carbocycles. The third-order valence-corrected chi connectivity index (χ3v) is 7.50. The van der Waals surface area contributed by atoms with E-state index in [0.29, 0.717) is 18.0 Å². The van der Waals surface area contributed by atoms with Crippen molar-refractivity contribution < 1.29 is 19.0 Å². The molecule has 0 amide bonds. The number of rotatable bonds is 6. The predicted octanol–water partition coefficient (Wildman–Crippen LogP) is 4.87. The molecule has 1 aromatic heterocycles. The maximum Gasteiger partial charge on any atom is 0.335 e. The van der Waals surface area contributed by atoms with Gasteiger partial charge in [0.1, 0.15) is 0 Å². The van der Waals surface area contributed by atoms with E-state index in [2.05, 4.69) is 35.9 Å². The lowest BCUT2D eigenvalue weighted by Gasteiger charge is -2.44. The van der Waals surface area contributed by atoms with Gasteiger partial charge in [0, 0.05) is 30.2 Å². The van der Waals surface area contributed by atoms with E-state index >= 15 is 0 Å². The van der Waals surface area contributed by atoms with Crippen molar-refractivity contribution in [2.45, 2.75) is 38.3 Å². The van der Waals surface area contributed by atoms with Gasteiger partial charge < -0.3 is 14.8 Å². The van der Waals surface area contributed by atoms with Gasteiger partial charge in [-0.15, -0.1) is 0 Å². The molecular formula is C27H31FN2O3. The summed E-state index contributed by atoms with van der Waals surface area (Å²) in [5, 5.41) is 10.6. The Morgan fingerprint density at radius 1 is 1.21 bits per heavy atom. The van der Waals surface area contributed by atoms with E-state index in [9.17, 15) is 14.3 Å². The molecule has 0 unspecified atom stereocenters. The summed E-state index contributed by atoms with van der Waals surface area (Å²) in [5.74, 6) is -0.316. The number of aryl methyl sites for hydroxylation is 2. The second kappa shape index (κ2) is 8.58. The lowest BCUT2D eigenvalue weighted by Crippen LogP contribution is -2.55. The summed E-state index contributed by atoms with van der Waals surface area (Å²) in [6, 6.07) is 11.7. The Hall–Kier alpha value is -2.70. The number of aromatic amines is 1. The monoisotopic (exact) mass is 450 g/mol. The summed E-state index contributed by atoms with van der Waals surface area (Å²) in [6.07, 6.45) is 3.93. The first-order valence-corrected chi connectivity index (χ1v) is 11.7. The van der Waals surface area contributed by atoms with Crippen molar-refractivity contribution in [2.75, 3.05) is 32.8 Å². The number of nitrogens with one attached hydrogen (secondary N) is 1. The van der Waals surface area contributed by atoms with Gasteiger partial charge in [-0.2, -0.15) is 0 Å². The lowest BCUT2D eigenvalue weighted by atomic mass is 9.76. The predicted molar refractivity (Wildman–Crippen MR) is 127 cm³/mol. The molecule has 2 aliphatic rings. The number of carboxylic acids is 1. The lowest BCUT2D eigenvalue weighted by molar-refractivity contribution is -0.143. The molecule has 3 heterocycles. The van der Waals surface area contributed by atoms with Crippen LogP contribution in [-0.2, 0) is 11.2 Å². The number of carbonyl (C=O) groups is 1. The van der Waals surface area contributed by atoms with Crippen LogP contribution < -0.4 is 0 Å². The first-order chi connectivity index (χ1) is 15.8. The minimum absolute atomic E-state index is 0.180. The van der Waals surface area contributed by atoms with Gasteiger partial charge in [0.15, 0.2) is 5.67 Å². The molecule has 3 aromatic rings. The fourth-order valence-electron chi connectivity index (χ4n) is 5.70. The number of halogens is 1. The number of carboxylic acid groups (broad SMARTS) is 1. The zero-order valence-corrected chi connectivity index (χ0v) is 19.2. The highest BCUT2D eigenvalue weighted by Crippen LogP contribution is 2.38. The Labute approximate surface area is 193 Å². The van der Waals surface area contributed by atoms with Crippen LogP contribution in [0.3, 0.4) is 0 Å². The number of alkyl halides is 1. The van der Waals surface area contributed by atoms with Crippen molar-refractivity contribution in [1.82, 2.24) is 9.88 Å². The maximum absolute atomic E-state index is 14.8. The zero-order chi connectivity index (χ0) is 23.2. The summed E-state index contributed by atoms with van der Waals surface area (Å²) >= 11 is 0. The molecule has 0 radical (unpaired) electrons. The topological polar surface area (TPSA) is 65.6 Å². The summed E-state index contributed by atoms with van der Waals surface area (Å²) in [4.78, 5) is 16.9. The summed E-state index contributed by atoms with van der Waals surface area (Å²) < 4.78 is 19.9. The summed E-state index contributed by atoms with van der Waals surface area (Å²) in [7, 11) is 0. The van der Waals surface area contributed by atoms with E-state index in [1.165, 1.54) is 27.6 Å². The van der Waals surface area contributed by atoms with Gasteiger partial charge in [-0.1, -0.05) is 18.2 Å². The molecule has 33 heavy (non-hydrogen) atoms. The summed E-state index contributed by atoms with van der Waals surface area (Å²) in [5.41, 5.74) is 5.30. The van der Waals surface area contributed by atoms with Gasteiger partial charge in [-0.05, 0) is 85.5 Å². The van der Waals surface area contributed by atoms with Crippen molar-refractivity contribution in [3.63, 3.8) is 0 Å². The third-order valence-electron chi connectivity index (χ3n) is 7.50. The number of hydrogen-bond donors (Lipinski definition) is 2. The quantitative estimate of drug-likeness (QED) is 0.562. The van der Waals surface area contributed by atoms with Crippen LogP contribution in [0.15, 0.2) is 42.6 Å². The van der Waals surface area contributed by atoms with E-state index in [1.54, 1.807) is 12.1 Å². The number of fused-ring (bicyclic) bond motifs is 1. The molecule has 5 nitrogen and oxygen atoms in total. The number of hydrogen-bond acceptors (Lipinski definition) is 3. The molecule has 2 aliphatic heterocycles. The smallest absolute Gasteiger partial charge is 0.335 e. The van der Waals surface area contributed by atoms with Gasteiger partial charge in [0.25, 0.3) is 0 Å². The number of H-pyrrole nitrogens is 1. The Morgan fingerprint density at radius 3 is 2.64 bits per heavy atom. The van der Waals surface area contributed by atoms with E-state index in [-0.39, 0.29) is 19.1 Å². The second-order valence-electron chi connectivity index (χ2n) is 9.92. The normalized spacial score (nSPS) is 22.9. The van der Waals surface area contributed by atoms with Crippen molar-refractivity contribution in [3.8, 4) is 0 Å². The van der Waals surface area contributed by atoms with Crippen molar-refractivity contribution in [1.29, 1.82) is 0 Å². The first-order valence-electron chi connectivity index (χ1n) is 11.7. The van der Waals surface area contributed by atoms with Crippen LogP contribution in [0, 0.1) is 19.8 Å². The van der Waals surface area contributed by atoms with Gasteiger partial charge in [-0.3, -0.25) is 4.90 Å². The van der Waals surface area contributed by atoms with Crippen LogP contribution >= 0.6 is 0 Å². The Morgan fingerprint density at radius 2 is 1.97 bits per heavy atom. The molecule has 0 aliphatic carbocycles. The highest BCUT2D eigenvalue weighted by Gasteiger charge is 2.42. The van der Waals surface area contributed by atoms with Crippen LogP contribution in [-0.4, -0.2) is 59.5 Å². The molecular weight excluding hydrogens is 419 g/mol. The number of ether oxygens (including phenoxy) is 1. The molecule has 174 valence electrons. The van der Waals surface area contributed by atoms with Gasteiger partial charge in [-0.25, -0.2) is 9.18 Å². The number of piperidine rings is 1. The molecule has 2 atom stereocenters. The minimum atomic E-state index is -1.24. The molecule has 0 bridgehead atoms. The number of aromatic carboxylic acids is 1. The van der Waals surface area contributed by atoms with E-state index < -0.39 is 11.6 Å². The number of nitrogens with zero attached hydrogens (tertiary/aromatic N) is 1. The van der Waals surface area contributed by atoms with Crippen molar-refractivity contribution >= 4 is 16.9 Å². The fraction of sp³-hybridized carbons (Fsp3) is 0.444. The standard InChI is InChI=1S/C27H31FN2O3/c1-17-11-18(2)25-22(7-9-29-25)23(17)12-21-8-10-30(14-27(28)15-33-16-27)13-24(21)19-3-5-20(6-4-19)26(31)32/h3-7,9,11,21,24,29H,8,10,12-16H2,1-2H3,(H,31,32)/t21-,24-/m0/s1. The van der Waals surface area contributed by atoms with Crippen molar-refractivity contribution in [3.05, 3.63) is 70.4 Å². The largest absolute Gasteiger partial charge is 0.478 e. The maximum atomic E-state index is 14.8. The number of benzene rings is 2. The van der Waals surface area contributed by atoms with Gasteiger partial charge in [0.05, 0.1) is 18.8 Å². The molecule has 2 saturated heterocycles. The average Bonchev–Trinajstić information content (AvgIpc) is 3.27. The van der Waals surface area contributed by atoms with E-state index in [4.69, 9.17) is 4.74 Å². The van der Waals surface area contributed by atoms with E-state index in [0.717, 1.165) is 31.5 Å². The Bertz CT molecular complexity index is 1170. The highest BCUT2D eigenvalue weighted by atomic mass is 19.1. The number of likely N-dealkylation sites (tertiary alicyclic amines) is 1. The molecule has 2 fully saturated rings. The molecule has 5 rings (SSSR count).